The second-order valence-electron chi connectivity index (χ2n) is 15.0. The summed E-state index contributed by atoms with van der Waals surface area (Å²) in [6, 6.07) is 0. The maximum atomic E-state index is 12.7. The van der Waals surface area contributed by atoms with Gasteiger partial charge < -0.3 is 14.2 Å². The number of carbonyl (C=O) groups excluding carboxylic acids is 3. The number of rotatable bonds is 40. The van der Waals surface area contributed by atoms with Crippen LogP contribution in [0.4, 0.5) is 0 Å². The minimum atomic E-state index is -0.817. The molecule has 0 saturated heterocycles. The number of hydrogen-bond donors (Lipinski definition) is 0. The molecule has 0 aliphatic heterocycles. The van der Waals surface area contributed by atoms with Gasteiger partial charge in [0.15, 0.2) is 6.10 Å². The third kappa shape index (κ3) is 43.6. The molecule has 0 aromatic rings. The Morgan fingerprint density at radius 2 is 0.719 bits per heavy atom. The Morgan fingerprint density at radius 1 is 0.368 bits per heavy atom. The Morgan fingerprint density at radius 3 is 1.18 bits per heavy atom. The number of ether oxygens (including phenoxy) is 3. The molecule has 0 spiro atoms. The number of carbonyl (C=O) groups is 3. The van der Waals surface area contributed by atoms with Gasteiger partial charge in [0.2, 0.25) is 0 Å². The molecule has 0 aromatic carbocycles. The molecule has 324 valence electrons. The van der Waals surface area contributed by atoms with Crippen LogP contribution in [0.1, 0.15) is 201 Å². The van der Waals surface area contributed by atoms with Crippen LogP contribution in [0.15, 0.2) is 85.1 Å². The summed E-state index contributed by atoms with van der Waals surface area (Å²) in [6.45, 7) is 6.36. The Hall–Kier alpha value is -3.41. The van der Waals surface area contributed by atoms with Crippen molar-refractivity contribution in [2.45, 2.75) is 207 Å². The van der Waals surface area contributed by atoms with E-state index in [1.54, 1.807) is 0 Å². The minimum Gasteiger partial charge on any atom is -0.462 e. The minimum absolute atomic E-state index is 0.114. The van der Waals surface area contributed by atoms with Crippen LogP contribution in [0.2, 0.25) is 0 Å². The molecule has 0 rings (SSSR count). The van der Waals surface area contributed by atoms with Crippen molar-refractivity contribution in [1.82, 2.24) is 0 Å². The molecule has 0 saturated carbocycles. The summed E-state index contributed by atoms with van der Waals surface area (Å²) in [4.78, 5) is 37.7. The molecule has 0 aromatic heterocycles. The van der Waals surface area contributed by atoms with Crippen LogP contribution < -0.4 is 0 Å². The molecule has 0 aliphatic carbocycles. The van der Waals surface area contributed by atoms with E-state index in [4.69, 9.17) is 14.2 Å². The van der Waals surface area contributed by atoms with E-state index in [1.165, 1.54) is 77.0 Å². The fraction of sp³-hybridized carbons (Fsp3) is 0.667. The fourth-order valence-electron chi connectivity index (χ4n) is 5.99. The van der Waals surface area contributed by atoms with Crippen molar-refractivity contribution in [3.63, 3.8) is 0 Å². The lowest BCUT2D eigenvalue weighted by Gasteiger charge is -2.18. The topological polar surface area (TPSA) is 78.9 Å². The molecule has 6 heteroatoms. The predicted molar refractivity (Wildman–Crippen MR) is 242 cm³/mol. The molecular formula is C51H84O6. The number of unbranched alkanes of at least 4 members (excludes halogenated alkanes) is 19. The fourth-order valence-corrected chi connectivity index (χ4v) is 5.99. The lowest BCUT2D eigenvalue weighted by Crippen LogP contribution is -2.30. The summed E-state index contributed by atoms with van der Waals surface area (Å²) < 4.78 is 16.6. The number of esters is 3. The van der Waals surface area contributed by atoms with Crippen LogP contribution >= 0.6 is 0 Å². The molecule has 0 amide bonds. The molecule has 57 heavy (non-hydrogen) atoms. The van der Waals surface area contributed by atoms with Crippen LogP contribution in [0.25, 0.3) is 0 Å². The van der Waals surface area contributed by atoms with Crippen molar-refractivity contribution in [1.29, 1.82) is 0 Å². The van der Waals surface area contributed by atoms with Crippen molar-refractivity contribution >= 4 is 17.9 Å². The van der Waals surface area contributed by atoms with Gasteiger partial charge in [-0.3, -0.25) is 14.4 Å². The lowest BCUT2D eigenvalue weighted by molar-refractivity contribution is -0.167. The van der Waals surface area contributed by atoms with Gasteiger partial charge in [-0.15, -0.1) is 0 Å². The molecule has 0 bridgehead atoms. The standard InChI is InChI=1S/C51H84O6/c1-4-7-10-13-16-19-22-25-28-31-34-37-40-43-49(52)55-46-48(57-51(54)45-42-39-36-33-30-27-24-21-18-15-12-9-6-3)47-56-50(53)44-41-38-35-32-29-26-23-20-17-14-11-8-5-2/h7,10,13,16,19,22,25-31,34,48H,4-6,8-9,11-12,14-15,17-18,20-21,23-24,32-33,35-47H2,1-3H3/b10-7-,16-13-,22-19-,28-25-,29-26-,30-27-,34-31-. The van der Waals surface area contributed by atoms with Gasteiger partial charge in [0.05, 0.1) is 0 Å². The summed E-state index contributed by atoms with van der Waals surface area (Å²) >= 11 is 0. The molecule has 1 unspecified atom stereocenters. The quantitative estimate of drug-likeness (QED) is 0.0202. The van der Waals surface area contributed by atoms with Crippen molar-refractivity contribution in [3.8, 4) is 0 Å². The highest BCUT2D eigenvalue weighted by Gasteiger charge is 2.19. The third-order valence-corrected chi connectivity index (χ3v) is 9.48. The summed E-state index contributed by atoms with van der Waals surface area (Å²) in [5.74, 6) is -1.03. The van der Waals surface area contributed by atoms with E-state index < -0.39 is 6.10 Å². The Bertz CT molecular complexity index is 1140. The van der Waals surface area contributed by atoms with E-state index >= 15 is 0 Å². The lowest BCUT2D eigenvalue weighted by atomic mass is 10.1. The van der Waals surface area contributed by atoms with Gasteiger partial charge in [-0.25, -0.2) is 0 Å². The summed E-state index contributed by atoms with van der Waals surface area (Å²) in [5, 5.41) is 0. The Kier molecular flexibility index (Phi) is 42.6. The zero-order valence-electron chi connectivity index (χ0n) is 36.8. The monoisotopic (exact) mass is 793 g/mol. The maximum absolute atomic E-state index is 12.7. The average Bonchev–Trinajstić information content (AvgIpc) is 3.21. The van der Waals surface area contributed by atoms with Crippen LogP contribution in [0.5, 0.6) is 0 Å². The summed E-state index contributed by atoms with van der Waals surface area (Å²) in [7, 11) is 0. The first-order valence-electron chi connectivity index (χ1n) is 23.2. The van der Waals surface area contributed by atoms with Crippen molar-refractivity contribution < 1.29 is 28.6 Å². The van der Waals surface area contributed by atoms with Gasteiger partial charge in [-0.2, -0.15) is 0 Å². The average molecular weight is 793 g/mol. The van der Waals surface area contributed by atoms with Crippen LogP contribution in [0, 0.1) is 0 Å². The highest BCUT2D eigenvalue weighted by atomic mass is 16.6. The van der Waals surface area contributed by atoms with Gasteiger partial charge in [-0.05, 0) is 83.5 Å². The van der Waals surface area contributed by atoms with Gasteiger partial charge >= 0.3 is 17.9 Å². The first kappa shape index (κ1) is 53.6. The molecule has 0 N–H and O–H groups in total. The Balaban J connectivity index is 4.55. The molecule has 0 heterocycles. The van der Waals surface area contributed by atoms with Gasteiger partial charge in [0.1, 0.15) is 13.2 Å². The summed E-state index contributed by atoms with van der Waals surface area (Å²) in [5.41, 5.74) is 0. The highest BCUT2D eigenvalue weighted by Crippen LogP contribution is 2.12. The molecule has 0 aliphatic rings. The van der Waals surface area contributed by atoms with Crippen molar-refractivity contribution in [2.24, 2.45) is 0 Å². The second-order valence-corrected chi connectivity index (χ2v) is 15.0. The normalized spacial score (nSPS) is 12.8. The third-order valence-electron chi connectivity index (χ3n) is 9.48. The van der Waals surface area contributed by atoms with Gasteiger partial charge in [-0.1, -0.05) is 183 Å². The number of allylic oxidation sites excluding steroid dienone is 14. The predicted octanol–water partition coefficient (Wildman–Crippen LogP) is 14.9. The van der Waals surface area contributed by atoms with E-state index in [1.807, 2.05) is 54.7 Å². The largest absolute Gasteiger partial charge is 0.462 e. The van der Waals surface area contributed by atoms with E-state index in [-0.39, 0.29) is 44.0 Å². The zero-order chi connectivity index (χ0) is 41.5. The summed E-state index contributed by atoms with van der Waals surface area (Å²) in [6.07, 6.45) is 57.2. The van der Waals surface area contributed by atoms with E-state index in [0.29, 0.717) is 12.8 Å². The second kappa shape index (κ2) is 45.3. The van der Waals surface area contributed by atoms with Crippen LogP contribution in [-0.4, -0.2) is 37.2 Å². The van der Waals surface area contributed by atoms with Gasteiger partial charge in [0, 0.05) is 19.3 Å². The molecule has 0 fully saturated rings. The SMILES string of the molecule is CC\C=C/C=C\C=C/C=C\C=C/CCCC(=O)OCC(COC(=O)CCCCC/C=C\CCCCCCCC)OC(=O)CCCCC/C=C\CCCCCCCC. The molecule has 6 nitrogen and oxygen atoms in total. The smallest absolute Gasteiger partial charge is 0.306 e. The van der Waals surface area contributed by atoms with E-state index in [9.17, 15) is 14.4 Å². The van der Waals surface area contributed by atoms with E-state index in [2.05, 4.69) is 51.2 Å². The Labute approximate surface area is 350 Å². The first-order chi connectivity index (χ1) is 28.0. The van der Waals surface area contributed by atoms with Crippen molar-refractivity contribution in [2.75, 3.05) is 13.2 Å². The number of hydrogen-bond acceptors (Lipinski definition) is 6. The first-order valence-corrected chi connectivity index (χ1v) is 23.2. The van der Waals surface area contributed by atoms with Crippen LogP contribution in [-0.2, 0) is 28.6 Å². The molecular weight excluding hydrogens is 709 g/mol. The van der Waals surface area contributed by atoms with E-state index in [0.717, 1.165) is 77.0 Å². The molecule has 0 radical (unpaired) electrons. The highest BCUT2D eigenvalue weighted by molar-refractivity contribution is 5.71. The maximum Gasteiger partial charge on any atom is 0.306 e. The molecule has 1 atom stereocenters. The van der Waals surface area contributed by atoms with Crippen molar-refractivity contribution in [3.05, 3.63) is 85.1 Å². The van der Waals surface area contributed by atoms with Gasteiger partial charge in [0.25, 0.3) is 0 Å². The van der Waals surface area contributed by atoms with Crippen LogP contribution in [0.3, 0.4) is 0 Å². The zero-order valence-corrected chi connectivity index (χ0v) is 36.8.